The molecule has 0 aromatic carbocycles. The van der Waals surface area contributed by atoms with Crippen LogP contribution in [0.3, 0.4) is 0 Å². The highest BCUT2D eigenvalue weighted by Gasteiger charge is 2.30. The Bertz CT molecular complexity index is 905. The molecule has 1 amide bonds. The number of ether oxygens (including phenoxy) is 1. The number of carbonyl (C=O) groups is 1. The van der Waals surface area contributed by atoms with E-state index in [-0.39, 0.29) is 11.9 Å². The largest absolute Gasteiger partial charge is 0.396 e. The first-order chi connectivity index (χ1) is 12.2. The highest BCUT2D eigenvalue weighted by molar-refractivity contribution is 7.13. The third-order valence-electron chi connectivity index (χ3n) is 4.45. The second-order valence-electron chi connectivity index (χ2n) is 6.11. The molecule has 2 N–H and O–H groups in total. The van der Waals surface area contributed by atoms with E-state index in [4.69, 9.17) is 10.5 Å². The van der Waals surface area contributed by atoms with Crippen LogP contribution in [0, 0.1) is 0 Å². The van der Waals surface area contributed by atoms with Gasteiger partial charge in [-0.3, -0.25) is 4.79 Å². The Hall–Kier alpha value is -2.45. The third kappa shape index (κ3) is 2.87. The van der Waals surface area contributed by atoms with E-state index >= 15 is 0 Å². The quantitative estimate of drug-likeness (QED) is 0.774. The Kier molecular flexibility index (Phi) is 4.14. The summed E-state index contributed by atoms with van der Waals surface area (Å²) in [6.45, 7) is 1.29. The van der Waals surface area contributed by atoms with E-state index in [1.165, 1.54) is 0 Å². The lowest BCUT2D eigenvalue weighted by Crippen LogP contribution is -2.38. The number of nitrogens with two attached hydrogens (primary N) is 1. The summed E-state index contributed by atoms with van der Waals surface area (Å²) in [6, 6.07) is 5.72. The minimum absolute atomic E-state index is 0.0404. The van der Waals surface area contributed by atoms with Gasteiger partial charge in [0.25, 0.3) is 5.91 Å². The minimum atomic E-state index is -0.0404. The Labute approximate surface area is 149 Å². The number of hydrogen-bond acceptors (Lipinski definition) is 6. The van der Waals surface area contributed by atoms with Crippen molar-refractivity contribution in [1.29, 1.82) is 0 Å². The molecule has 7 nitrogen and oxygen atoms in total. The zero-order valence-electron chi connectivity index (χ0n) is 13.9. The van der Waals surface area contributed by atoms with Crippen molar-refractivity contribution >= 4 is 28.6 Å². The smallest absolute Gasteiger partial charge is 0.255 e. The minimum Gasteiger partial charge on any atom is -0.396 e. The molecule has 1 saturated heterocycles. The van der Waals surface area contributed by atoms with Gasteiger partial charge in [0.1, 0.15) is 0 Å². The number of methoxy groups -OCH3 is 1. The van der Waals surface area contributed by atoms with Crippen molar-refractivity contribution in [3.05, 3.63) is 35.3 Å². The monoisotopic (exact) mass is 357 g/mol. The molecule has 4 heterocycles. The van der Waals surface area contributed by atoms with Gasteiger partial charge in [-0.05, 0) is 30.4 Å². The van der Waals surface area contributed by atoms with Gasteiger partial charge in [-0.15, -0.1) is 16.4 Å². The molecule has 1 atom stereocenters. The van der Waals surface area contributed by atoms with Gasteiger partial charge in [0.15, 0.2) is 11.5 Å². The number of rotatable bonds is 4. The van der Waals surface area contributed by atoms with Gasteiger partial charge in [0.05, 0.1) is 28.8 Å². The normalized spacial score (nSPS) is 17.5. The van der Waals surface area contributed by atoms with E-state index in [0.29, 0.717) is 29.3 Å². The van der Waals surface area contributed by atoms with E-state index in [9.17, 15) is 4.79 Å². The van der Waals surface area contributed by atoms with Gasteiger partial charge in [0, 0.05) is 19.9 Å². The Balaban J connectivity index is 1.69. The van der Waals surface area contributed by atoms with Gasteiger partial charge >= 0.3 is 0 Å². The molecule has 4 rings (SSSR count). The summed E-state index contributed by atoms with van der Waals surface area (Å²) >= 11 is 1.57. The first-order valence-electron chi connectivity index (χ1n) is 8.17. The first-order valence-corrected chi connectivity index (χ1v) is 9.05. The van der Waals surface area contributed by atoms with Gasteiger partial charge in [-0.25, -0.2) is 9.50 Å². The maximum absolute atomic E-state index is 12.9. The second-order valence-corrected chi connectivity index (χ2v) is 7.06. The van der Waals surface area contributed by atoms with Crippen LogP contribution in [0.25, 0.3) is 16.3 Å². The molecule has 130 valence electrons. The number of aromatic nitrogens is 3. The van der Waals surface area contributed by atoms with Crippen LogP contribution in [0.1, 0.15) is 23.2 Å². The summed E-state index contributed by atoms with van der Waals surface area (Å²) in [5, 5.41) is 6.46. The standard InChI is InChI=1S/C17H19N5O2S/c1-24-10-12-4-2-6-21(12)17(23)11-8-13(18)16-19-15(20-22(16)9-11)14-5-3-7-25-14/h3,5,7-9,12H,2,4,6,10,18H2,1H3/t12-/m0/s1. The van der Waals surface area contributed by atoms with Crippen LogP contribution in [0.2, 0.25) is 0 Å². The van der Waals surface area contributed by atoms with Crippen molar-refractivity contribution in [3.63, 3.8) is 0 Å². The molecule has 0 radical (unpaired) electrons. The van der Waals surface area contributed by atoms with Crippen LogP contribution in [0.5, 0.6) is 0 Å². The lowest BCUT2D eigenvalue weighted by atomic mass is 10.2. The van der Waals surface area contributed by atoms with E-state index in [0.717, 1.165) is 24.3 Å². The number of thiophene rings is 1. The molecule has 0 unspecified atom stereocenters. The summed E-state index contributed by atoms with van der Waals surface area (Å²) in [4.78, 5) is 20.2. The molecular weight excluding hydrogens is 338 g/mol. The second kappa shape index (κ2) is 6.45. The van der Waals surface area contributed by atoms with E-state index in [1.807, 2.05) is 22.4 Å². The molecule has 0 spiro atoms. The number of pyridine rings is 1. The fraction of sp³-hybridized carbons (Fsp3) is 0.353. The number of fused-ring (bicyclic) bond motifs is 1. The van der Waals surface area contributed by atoms with E-state index in [1.54, 1.807) is 35.2 Å². The Morgan fingerprint density at radius 3 is 3.16 bits per heavy atom. The molecule has 3 aromatic rings. The highest BCUT2D eigenvalue weighted by Crippen LogP contribution is 2.25. The first kappa shape index (κ1) is 16.0. The van der Waals surface area contributed by atoms with Crippen LogP contribution in [0.15, 0.2) is 29.8 Å². The Morgan fingerprint density at radius 2 is 2.40 bits per heavy atom. The number of carbonyl (C=O) groups excluding carboxylic acids is 1. The summed E-state index contributed by atoms with van der Waals surface area (Å²) in [7, 11) is 1.66. The summed E-state index contributed by atoms with van der Waals surface area (Å²) < 4.78 is 6.83. The van der Waals surface area contributed by atoms with Gasteiger partial charge < -0.3 is 15.4 Å². The molecule has 25 heavy (non-hydrogen) atoms. The number of amides is 1. The van der Waals surface area contributed by atoms with Gasteiger partial charge in [-0.1, -0.05) is 6.07 Å². The van der Waals surface area contributed by atoms with E-state index in [2.05, 4.69) is 10.1 Å². The van der Waals surface area contributed by atoms with Crippen LogP contribution < -0.4 is 5.73 Å². The van der Waals surface area contributed by atoms with Crippen LogP contribution in [-0.2, 0) is 4.74 Å². The van der Waals surface area contributed by atoms with Crippen molar-refractivity contribution < 1.29 is 9.53 Å². The molecule has 1 fully saturated rings. The summed E-state index contributed by atoms with van der Waals surface area (Å²) in [5.41, 5.74) is 7.67. The lowest BCUT2D eigenvalue weighted by molar-refractivity contribution is 0.0630. The molecule has 0 saturated carbocycles. The maximum atomic E-state index is 12.9. The molecule has 0 bridgehead atoms. The van der Waals surface area contributed by atoms with Crippen molar-refractivity contribution in [2.24, 2.45) is 0 Å². The number of nitrogen functional groups attached to an aromatic ring is 1. The average Bonchev–Trinajstić information content (AvgIpc) is 3.34. The molecule has 1 aliphatic rings. The van der Waals surface area contributed by atoms with Crippen molar-refractivity contribution in [2.45, 2.75) is 18.9 Å². The fourth-order valence-corrected chi connectivity index (χ4v) is 3.93. The van der Waals surface area contributed by atoms with Crippen LogP contribution >= 0.6 is 11.3 Å². The van der Waals surface area contributed by atoms with E-state index < -0.39 is 0 Å². The Morgan fingerprint density at radius 1 is 1.52 bits per heavy atom. The molecular formula is C17H19N5O2S. The number of hydrogen-bond donors (Lipinski definition) is 1. The third-order valence-corrected chi connectivity index (χ3v) is 5.31. The number of likely N-dealkylation sites (tertiary alicyclic amines) is 1. The van der Waals surface area contributed by atoms with Crippen molar-refractivity contribution in [2.75, 3.05) is 26.0 Å². The fourth-order valence-electron chi connectivity index (χ4n) is 3.27. The van der Waals surface area contributed by atoms with Gasteiger partial charge in [-0.2, -0.15) is 0 Å². The molecule has 1 aliphatic heterocycles. The predicted molar refractivity (Wildman–Crippen MR) is 96.6 cm³/mol. The molecule has 8 heteroatoms. The van der Waals surface area contributed by atoms with Crippen LogP contribution in [0.4, 0.5) is 5.69 Å². The maximum Gasteiger partial charge on any atom is 0.255 e. The topological polar surface area (TPSA) is 85.8 Å². The molecule has 3 aromatic heterocycles. The summed E-state index contributed by atoms with van der Waals surface area (Å²) in [6.07, 6.45) is 3.66. The van der Waals surface area contributed by atoms with Crippen LogP contribution in [-0.4, -0.2) is 51.7 Å². The van der Waals surface area contributed by atoms with Gasteiger partial charge in [0.2, 0.25) is 0 Å². The predicted octanol–water partition coefficient (Wildman–Crippen LogP) is 2.29. The highest BCUT2D eigenvalue weighted by atomic mass is 32.1. The SMILES string of the molecule is COC[C@@H]1CCCN1C(=O)c1cc(N)c2nc(-c3cccs3)nn2c1. The number of nitrogens with zero attached hydrogens (tertiary/aromatic N) is 4. The summed E-state index contributed by atoms with van der Waals surface area (Å²) in [5.74, 6) is 0.575. The zero-order valence-corrected chi connectivity index (χ0v) is 14.7. The zero-order chi connectivity index (χ0) is 17.4. The number of anilines is 1. The van der Waals surface area contributed by atoms with Crippen molar-refractivity contribution in [1.82, 2.24) is 19.5 Å². The average molecular weight is 357 g/mol. The van der Waals surface area contributed by atoms with Crippen molar-refractivity contribution in [3.8, 4) is 10.7 Å². The molecule has 0 aliphatic carbocycles. The lowest BCUT2D eigenvalue weighted by Gasteiger charge is -2.24.